The third kappa shape index (κ3) is 2.14. The third-order valence-electron chi connectivity index (χ3n) is 3.78. The van der Waals surface area contributed by atoms with Gasteiger partial charge in [0.25, 0.3) is 0 Å². The van der Waals surface area contributed by atoms with Crippen LogP contribution in [0.5, 0.6) is 0 Å². The lowest BCUT2D eigenvalue weighted by Crippen LogP contribution is -2.39. The molecular formula is C11H19BrN2O. The minimum atomic E-state index is 0.210. The molecule has 2 amide bonds. The van der Waals surface area contributed by atoms with Crippen LogP contribution in [0.4, 0.5) is 4.79 Å². The van der Waals surface area contributed by atoms with Crippen LogP contribution in [0.25, 0.3) is 0 Å². The van der Waals surface area contributed by atoms with Crippen molar-refractivity contribution < 1.29 is 4.79 Å². The minimum absolute atomic E-state index is 0.210. The number of urea groups is 1. The molecule has 3 nitrogen and oxygen atoms in total. The largest absolute Gasteiger partial charge is 0.326 e. The molecule has 0 aromatic rings. The standard InChI is InChI=1S/C11H19BrN2O/c1-13-6-7-14(10(13)15)9-11(8-12)4-2-3-5-11/h2-9H2,1H3. The Labute approximate surface area is 99.9 Å². The van der Waals surface area contributed by atoms with Gasteiger partial charge in [0.2, 0.25) is 0 Å². The van der Waals surface area contributed by atoms with E-state index in [1.807, 2.05) is 16.8 Å². The van der Waals surface area contributed by atoms with Crippen molar-refractivity contribution in [3.05, 3.63) is 0 Å². The fraction of sp³-hybridized carbons (Fsp3) is 0.909. The molecule has 15 heavy (non-hydrogen) atoms. The number of rotatable bonds is 3. The van der Waals surface area contributed by atoms with E-state index in [0.29, 0.717) is 5.41 Å². The van der Waals surface area contributed by atoms with Crippen LogP contribution in [-0.4, -0.2) is 47.8 Å². The maximum Gasteiger partial charge on any atom is 0.319 e. The van der Waals surface area contributed by atoms with Crippen molar-refractivity contribution >= 4 is 22.0 Å². The lowest BCUT2D eigenvalue weighted by Gasteiger charge is -2.31. The zero-order valence-corrected chi connectivity index (χ0v) is 10.9. The van der Waals surface area contributed by atoms with E-state index in [2.05, 4.69) is 15.9 Å². The average Bonchev–Trinajstić information content (AvgIpc) is 2.82. The molecule has 1 aliphatic carbocycles. The number of carbonyl (C=O) groups is 1. The summed E-state index contributed by atoms with van der Waals surface area (Å²) in [7, 11) is 1.89. The monoisotopic (exact) mass is 274 g/mol. The summed E-state index contributed by atoms with van der Waals surface area (Å²) >= 11 is 3.62. The zero-order chi connectivity index (χ0) is 10.9. The molecule has 0 unspecified atom stereocenters. The Morgan fingerprint density at radius 2 is 2.00 bits per heavy atom. The predicted molar refractivity (Wildman–Crippen MR) is 64.3 cm³/mol. The number of amides is 2. The molecular weight excluding hydrogens is 256 g/mol. The van der Waals surface area contributed by atoms with Crippen molar-refractivity contribution in [2.75, 3.05) is 32.0 Å². The van der Waals surface area contributed by atoms with Crippen molar-refractivity contribution in [1.29, 1.82) is 0 Å². The van der Waals surface area contributed by atoms with E-state index in [0.717, 1.165) is 25.0 Å². The van der Waals surface area contributed by atoms with Crippen molar-refractivity contribution in [2.24, 2.45) is 5.41 Å². The van der Waals surface area contributed by atoms with Gasteiger partial charge < -0.3 is 9.80 Å². The molecule has 0 aromatic heterocycles. The smallest absolute Gasteiger partial charge is 0.319 e. The Hall–Kier alpha value is -0.250. The first-order valence-electron chi connectivity index (χ1n) is 5.73. The Balaban J connectivity index is 1.98. The van der Waals surface area contributed by atoms with Gasteiger partial charge >= 0.3 is 6.03 Å². The molecule has 0 atom stereocenters. The van der Waals surface area contributed by atoms with E-state index >= 15 is 0 Å². The van der Waals surface area contributed by atoms with Gasteiger partial charge in [0.15, 0.2) is 0 Å². The Bertz CT molecular complexity index is 251. The summed E-state index contributed by atoms with van der Waals surface area (Å²) in [4.78, 5) is 15.6. The van der Waals surface area contributed by atoms with Crippen molar-refractivity contribution in [3.63, 3.8) is 0 Å². The van der Waals surface area contributed by atoms with Crippen LogP contribution in [0.2, 0.25) is 0 Å². The van der Waals surface area contributed by atoms with Gasteiger partial charge in [0.05, 0.1) is 0 Å². The molecule has 1 aliphatic heterocycles. The number of hydrogen-bond acceptors (Lipinski definition) is 1. The van der Waals surface area contributed by atoms with Crippen molar-refractivity contribution in [1.82, 2.24) is 9.80 Å². The van der Waals surface area contributed by atoms with E-state index in [4.69, 9.17) is 0 Å². The molecule has 2 rings (SSSR count). The number of nitrogens with zero attached hydrogens (tertiary/aromatic N) is 2. The van der Waals surface area contributed by atoms with Crippen molar-refractivity contribution in [2.45, 2.75) is 25.7 Å². The second-order valence-corrected chi connectivity index (χ2v) is 5.53. The number of hydrogen-bond donors (Lipinski definition) is 0. The molecule has 0 aromatic carbocycles. The van der Waals surface area contributed by atoms with E-state index in [9.17, 15) is 4.79 Å². The van der Waals surface area contributed by atoms with Gasteiger partial charge in [-0.15, -0.1) is 0 Å². The summed E-state index contributed by atoms with van der Waals surface area (Å²) in [5.74, 6) is 0. The molecule has 86 valence electrons. The summed E-state index contributed by atoms with van der Waals surface area (Å²) in [6.07, 6.45) is 5.18. The van der Waals surface area contributed by atoms with Gasteiger partial charge in [-0.2, -0.15) is 0 Å². The topological polar surface area (TPSA) is 23.6 Å². The quantitative estimate of drug-likeness (QED) is 0.725. The maximum atomic E-state index is 11.8. The summed E-state index contributed by atoms with van der Waals surface area (Å²) in [6.45, 7) is 2.74. The SMILES string of the molecule is CN1CCN(CC2(CBr)CCCC2)C1=O. The number of likely N-dealkylation sites (N-methyl/N-ethyl adjacent to an activating group) is 1. The van der Waals surface area contributed by atoms with Crippen LogP contribution >= 0.6 is 15.9 Å². The highest BCUT2D eigenvalue weighted by Crippen LogP contribution is 2.40. The van der Waals surface area contributed by atoms with E-state index in [1.54, 1.807) is 0 Å². The fourth-order valence-electron chi connectivity index (χ4n) is 2.71. The van der Waals surface area contributed by atoms with Crippen LogP contribution in [0.1, 0.15) is 25.7 Å². The van der Waals surface area contributed by atoms with Crippen LogP contribution < -0.4 is 0 Å². The average molecular weight is 275 g/mol. The van der Waals surface area contributed by atoms with Crippen LogP contribution in [0, 0.1) is 5.41 Å². The first-order valence-corrected chi connectivity index (χ1v) is 6.85. The maximum absolute atomic E-state index is 11.8. The molecule has 1 saturated carbocycles. The molecule has 2 aliphatic rings. The van der Waals surface area contributed by atoms with Gasteiger partial charge in [0, 0.05) is 32.0 Å². The lowest BCUT2D eigenvalue weighted by molar-refractivity contribution is 0.174. The van der Waals surface area contributed by atoms with Gasteiger partial charge in [0.1, 0.15) is 0 Å². The summed E-state index contributed by atoms with van der Waals surface area (Å²) in [5.41, 5.74) is 0.362. The van der Waals surface area contributed by atoms with Gasteiger partial charge in [-0.05, 0) is 18.3 Å². The second kappa shape index (κ2) is 4.32. The highest BCUT2D eigenvalue weighted by Gasteiger charge is 2.38. The van der Waals surface area contributed by atoms with E-state index in [1.165, 1.54) is 25.7 Å². The first kappa shape index (κ1) is 11.2. The third-order valence-corrected chi connectivity index (χ3v) is 4.97. The summed E-state index contributed by atoms with van der Waals surface area (Å²) < 4.78 is 0. The van der Waals surface area contributed by atoms with E-state index < -0.39 is 0 Å². The normalized spacial score (nSPS) is 25.3. The predicted octanol–water partition coefficient (Wildman–Crippen LogP) is 2.31. The Morgan fingerprint density at radius 1 is 1.33 bits per heavy atom. The molecule has 0 radical (unpaired) electrons. The number of carbonyl (C=O) groups excluding carboxylic acids is 1. The highest BCUT2D eigenvalue weighted by molar-refractivity contribution is 9.09. The first-order chi connectivity index (χ1) is 7.17. The zero-order valence-electron chi connectivity index (χ0n) is 9.34. The molecule has 0 bridgehead atoms. The number of halogens is 1. The Kier molecular flexibility index (Phi) is 3.24. The van der Waals surface area contributed by atoms with Crippen LogP contribution in [0.3, 0.4) is 0 Å². The molecule has 2 fully saturated rings. The molecule has 1 heterocycles. The molecule has 0 N–H and O–H groups in total. The number of alkyl halides is 1. The summed E-state index contributed by atoms with van der Waals surface area (Å²) in [5, 5.41) is 1.04. The fourth-order valence-corrected chi connectivity index (χ4v) is 3.45. The molecule has 1 saturated heterocycles. The van der Waals surface area contributed by atoms with E-state index in [-0.39, 0.29) is 6.03 Å². The van der Waals surface area contributed by atoms with Gasteiger partial charge in [-0.1, -0.05) is 28.8 Å². The van der Waals surface area contributed by atoms with Gasteiger partial charge in [-0.3, -0.25) is 0 Å². The molecule has 0 spiro atoms. The van der Waals surface area contributed by atoms with Crippen molar-refractivity contribution in [3.8, 4) is 0 Å². The van der Waals surface area contributed by atoms with Crippen LogP contribution in [-0.2, 0) is 0 Å². The summed E-state index contributed by atoms with van der Waals surface area (Å²) in [6, 6.07) is 0.210. The minimum Gasteiger partial charge on any atom is -0.326 e. The molecule has 4 heteroatoms. The second-order valence-electron chi connectivity index (χ2n) is 4.97. The van der Waals surface area contributed by atoms with Crippen LogP contribution in [0.15, 0.2) is 0 Å². The highest BCUT2D eigenvalue weighted by atomic mass is 79.9. The van der Waals surface area contributed by atoms with Gasteiger partial charge in [-0.25, -0.2) is 4.79 Å². The Morgan fingerprint density at radius 3 is 2.47 bits per heavy atom. The lowest BCUT2D eigenvalue weighted by atomic mass is 9.88.